The van der Waals surface area contributed by atoms with E-state index >= 15 is 0 Å². The molecule has 7 heteroatoms. The minimum Gasteiger partial charge on any atom is -0.336 e. The van der Waals surface area contributed by atoms with E-state index in [4.69, 9.17) is 11.6 Å². The predicted molar refractivity (Wildman–Crippen MR) is 76.6 cm³/mol. The van der Waals surface area contributed by atoms with Crippen LogP contribution < -0.4 is 5.32 Å². The molecule has 1 aromatic carbocycles. The molecule has 0 radical (unpaired) electrons. The average molecular weight is 295 g/mol. The zero-order valence-corrected chi connectivity index (χ0v) is 11.7. The molecule has 0 saturated heterocycles. The lowest BCUT2D eigenvalue weighted by molar-refractivity contribution is -0.385. The fourth-order valence-corrected chi connectivity index (χ4v) is 2.18. The molecule has 0 aliphatic rings. The topological polar surface area (TPSA) is 73.0 Å². The number of aromatic nitrogens is 2. The van der Waals surface area contributed by atoms with E-state index in [0.717, 1.165) is 6.54 Å². The molecule has 0 bridgehead atoms. The van der Waals surface area contributed by atoms with Gasteiger partial charge in [0.25, 0.3) is 5.69 Å². The second kappa shape index (κ2) is 6.49. The average Bonchev–Trinajstić information content (AvgIpc) is 2.89. The van der Waals surface area contributed by atoms with Crippen LogP contribution in [-0.2, 0) is 13.1 Å². The van der Waals surface area contributed by atoms with E-state index in [1.165, 1.54) is 6.07 Å². The summed E-state index contributed by atoms with van der Waals surface area (Å²) in [5.74, 6) is 0. The van der Waals surface area contributed by atoms with Crippen LogP contribution >= 0.6 is 11.6 Å². The van der Waals surface area contributed by atoms with Crippen molar-refractivity contribution in [2.24, 2.45) is 0 Å². The number of imidazole rings is 1. The zero-order chi connectivity index (χ0) is 14.5. The third-order valence-corrected chi connectivity index (χ3v) is 3.32. The lowest BCUT2D eigenvalue weighted by atomic mass is 10.1. The molecule has 1 atom stereocenters. The minimum absolute atomic E-state index is 0.0415. The molecule has 106 valence electrons. The van der Waals surface area contributed by atoms with Gasteiger partial charge < -0.3 is 9.88 Å². The monoisotopic (exact) mass is 294 g/mol. The SMILES string of the molecule is CC(Cn1ccnc1)NCc1c(Cl)cccc1[N+](=O)[O-]. The third-order valence-electron chi connectivity index (χ3n) is 2.96. The van der Waals surface area contributed by atoms with Crippen LogP contribution in [0, 0.1) is 10.1 Å². The van der Waals surface area contributed by atoms with Crippen LogP contribution in [0.3, 0.4) is 0 Å². The van der Waals surface area contributed by atoms with Gasteiger partial charge in [0.1, 0.15) is 0 Å². The van der Waals surface area contributed by atoms with Crippen molar-refractivity contribution in [3.05, 3.63) is 57.6 Å². The first-order chi connectivity index (χ1) is 9.58. The molecule has 1 heterocycles. The van der Waals surface area contributed by atoms with Gasteiger partial charge in [0.05, 0.1) is 21.8 Å². The summed E-state index contributed by atoms with van der Waals surface area (Å²) in [4.78, 5) is 14.5. The van der Waals surface area contributed by atoms with Gasteiger partial charge in [0.2, 0.25) is 0 Å². The highest BCUT2D eigenvalue weighted by Gasteiger charge is 2.16. The molecular formula is C13H15ClN4O2. The van der Waals surface area contributed by atoms with E-state index in [9.17, 15) is 10.1 Å². The molecule has 0 aliphatic carbocycles. The van der Waals surface area contributed by atoms with Crippen LogP contribution in [0.15, 0.2) is 36.9 Å². The number of hydrogen-bond donors (Lipinski definition) is 1. The van der Waals surface area contributed by atoms with Gasteiger partial charge in [0.15, 0.2) is 0 Å². The highest BCUT2D eigenvalue weighted by molar-refractivity contribution is 6.31. The van der Waals surface area contributed by atoms with Crippen LogP contribution in [0.1, 0.15) is 12.5 Å². The maximum absolute atomic E-state index is 11.0. The van der Waals surface area contributed by atoms with E-state index in [-0.39, 0.29) is 11.7 Å². The van der Waals surface area contributed by atoms with Crippen molar-refractivity contribution in [1.82, 2.24) is 14.9 Å². The van der Waals surface area contributed by atoms with Gasteiger partial charge in [-0.25, -0.2) is 4.98 Å². The van der Waals surface area contributed by atoms with E-state index in [1.807, 2.05) is 17.7 Å². The van der Waals surface area contributed by atoms with Crippen LogP contribution in [0.5, 0.6) is 0 Å². The molecule has 6 nitrogen and oxygen atoms in total. The molecule has 1 unspecified atom stereocenters. The Morgan fingerprint density at radius 3 is 3.00 bits per heavy atom. The lowest BCUT2D eigenvalue weighted by Crippen LogP contribution is -2.29. The van der Waals surface area contributed by atoms with Crippen LogP contribution in [-0.4, -0.2) is 20.5 Å². The second-order valence-corrected chi connectivity index (χ2v) is 4.94. The molecule has 2 rings (SSSR count). The van der Waals surface area contributed by atoms with Crippen molar-refractivity contribution in [1.29, 1.82) is 0 Å². The summed E-state index contributed by atoms with van der Waals surface area (Å²) in [5, 5.41) is 14.6. The van der Waals surface area contributed by atoms with Gasteiger partial charge in [-0.2, -0.15) is 0 Å². The van der Waals surface area contributed by atoms with Crippen molar-refractivity contribution >= 4 is 17.3 Å². The number of rotatable bonds is 6. The van der Waals surface area contributed by atoms with E-state index in [2.05, 4.69) is 10.3 Å². The summed E-state index contributed by atoms with van der Waals surface area (Å²) in [7, 11) is 0. The van der Waals surface area contributed by atoms with Crippen molar-refractivity contribution in [3.8, 4) is 0 Å². The Labute approximate surface area is 121 Å². The Morgan fingerprint density at radius 2 is 2.35 bits per heavy atom. The maximum Gasteiger partial charge on any atom is 0.275 e. The first-order valence-corrected chi connectivity index (χ1v) is 6.56. The quantitative estimate of drug-likeness (QED) is 0.656. The molecule has 1 aromatic heterocycles. The smallest absolute Gasteiger partial charge is 0.275 e. The predicted octanol–water partition coefficient (Wildman–Crippen LogP) is 2.62. The Hall–Kier alpha value is -1.92. The first-order valence-electron chi connectivity index (χ1n) is 6.19. The van der Waals surface area contributed by atoms with Gasteiger partial charge in [-0.1, -0.05) is 17.7 Å². The number of nitro groups is 1. The summed E-state index contributed by atoms with van der Waals surface area (Å²) < 4.78 is 1.94. The Balaban J connectivity index is 2.01. The number of benzene rings is 1. The van der Waals surface area contributed by atoms with Crippen LogP contribution in [0.25, 0.3) is 0 Å². The molecule has 0 amide bonds. The summed E-state index contributed by atoms with van der Waals surface area (Å²) in [6.07, 6.45) is 5.32. The van der Waals surface area contributed by atoms with Gasteiger partial charge in [0, 0.05) is 37.6 Å². The molecule has 0 saturated carbocycles. The van der Waals surface area contributed by atoms with E-state index in [0.29, 0.717) is 17.1 Å². The summed E-state index contributed by atoms with van der Waals surface area (Å²) in [6, 6.07) is 4.84. The molecule has 1 N–H and O–H groups in total. The number of hydrogen-bond acceptors (Lipinski definition) is 4. The molecule has 0 aliphatic heterocycles. The summed E-state index contributed by atoms with van der Waals surface area (Å²) in [6.45, 7) is 3.09. The Morgan fingerprint density at radius 1 is 1.55 bits per heavy atom. The van der Waals surface area contributed by atoms with E-state index < -0.39 is 4.92 Å². The van der Waals surface area contributed by atoms with Crippen molar-refractivity contribution in [2.75, 3.05) is 0 Å². The molecular weight excluding hydrogens is 280 g/mol. The highest BCUT2D eigenvalue weighted by Crippen LogP contribution is 2.25. The van der Waals surface area contributed by atoms with Crippen molar-refractivity contribution in [3.63, 3.8) is 0 Å². The number of nitrogens with one attached hydrogen (secondary N) is 1. The lowest BCUT2D eigenvalue weighted by Gasteiger charge is -2.15. The standard InChI is InChI=1S/C13H15ClN4O2/c1-10(8-17-6-5-15-9-17)16-7-11-12(14)3-2-4-13(11)18(19)20/h2-6,9-10,16H,7-8H2,1H3. The maximum atomic E-state index is 11.0. The summed E-state index contributed by atoms with van der Waals surface area (Å²) >= 11 is 6.04. The van der Waals surface area contributed by atoms with Crippen LogP contribution in [0.2, 0.25) is 5.02 Å². The number of halogens is 1. The molecule has 20 heavy (non-hydrogen) atoms. The van der Waals surface area contributed by atoms with E-state index in [1.54, 1.807) is 24.7 Å². The second-order valence-electron chi connectivity index (χ2n) is 4.54. The van der Waals surface area contributed by atoms with Crippen molar-refractivity contribution < 1.29 is 4.92 Å². The Bertz CT molecular complexity index is 586. The van der Waals surface area contributed by atoms with Crippen LogP contribution in [0.4, 0.5) is 5.69 Å². The minimum atomic E-state index is -0.413. The number of nitrogens with zero attached hydrogens (tertiary/aromatic N) is 3. The highest BCUT2D eigenvalue weighted by atomic mass is 35.5. The normalized spacial score (nSPS) is 12.3. The fraction of sp³-hybridized carbons (Fsp3) is 0.308. The van der Waals surface area contributed by atoms with Gasteiger partial charge in [-0.15, -0.1) is 0 Å². The third kappa shape index (κ3) is 3.55. The van der Waals surface area contributed by atoms with Gasteiger partial charge in [-0.3, -0.25) is 10.1 Å². The molecule has 0 fully saturated rings. The largest absolute Gasteiger partial charge is 0.336 e. The summed E-state index contributed by atoms with van der Waals surface area (Å²) in [5.41, 5.74) is 0.552. The molecule has 2 aromatic rings. The van der Waals surface area contributed by atoms with Crippen molar-refractivity contribution in [2.45, 2.75) is 26.1 Å². The fourth-order valence-electron chi connectivity index (χ4n) is 1.95. The first kappa shape index (κ1) is 14.5. The van der Waals surface area contributed by atoms with Gasteiger partial charge >= 0.3 is 0 Å². The zero-order valence-electron chi connectivity index (χ0n) is 11.0. The number of nitro benzene ring substituents is 1. The van der Waals surface area contributed by atoms with Gasteiger partial charge in [-0.05, 0) is 13.0 Å². The Kier molecular flexibility index (Phi) is 4.70. The molecule has 0 spiro atoms.